The first-order valence-corrected chi connectivity index (χ1v) is 11.2. The van der Waals surface area contributed by atoms with Crippen LogP contribution in [-0.2, 0) is 17.6 Å². The molecule has 9 nitrogen and oxygen atoms in total. The molecule has 2 aromatic carbocycles. The third kappa shape index (κ3) is 4.54. The molecule has 0 aliphatic carbocycles. The summed E-state index contributed by atoms with van der Waals surface area (Å²) in [5.74, 6) is 0.875. The molecule has 9 heteroatoms. The summed E-state index contributed by atoms with van der Waals surface area (Å²) < 4.78 is 1.52. The van der Waals surface area contributed by atoms with Crippen LogP contribution < -0.4 is 25.9 Å². The topological polar surface area (TPSA) is 122 Å². The van der Waals surface area contributed by atoms with E-state index in [0.29, 0.717) is 42.5 Å². The van der Waals surface area contributed by atoms with Gasteiger partial charge in [-0.1, -0.05) is 30.3 Å². The van der Waals surface area contributed by atoms with Gasteiger partial charge in [-0.05, 0) is 53.5 Å². The normalized spacial score (nSPS) is 12.7. The molecular weight excluding hydrogens is 430 g/mol. The molecule has 0 spiro atoms. The first-order valence-electron chi connectivity index (χ1n) is 11.2. The molecule has 5 rings (SSSR count). The molecule has 3 heterocycles. The average Bonchev–Trinajstić information content (AvgIpc) is 3.27. The third-order valence-corrected chi connectivity index (χ3v) is 5.70. The zero-order valence-electron chi connectivity index (χ0n) is 18.8. The van der Waals surface area contributed by atoms with Crippen molar-refractivity contribution in [2.45, 2.75) is 26.2 Å². The number of anilines is 4. The zero-order valence-corrected chi connectivity index (χ0v) is 18.8. The van der Waals surface area contributed by atoms with Gasteiger partial charge in [0.2, 0.25) is 11.7 Å². The van der Waals surface area contributed by atoms with Gasteiger partial charge in [-0.2, -0.15) is 5.10 Å². The number of fused-ring (bicyclic) bond motifs is 1. The molecule has 0 atom stereocenters. The number of nitrogen functional groups attached to an aromatic ring is 1. The Kier molecular flexibility index (Phi) is 5.82. The molecule has 0 radical (unpaired) electrons. The number of benzene rings is 2. The molecule has 5 N–H and O–H groups in total. The summed E-state index contributed by atoms with van der Waals surface area (Å²) in [7, 11) is 0. The number of nitrogens with zero attached hydrogens (tertiary/aromatic N) is 3. The number of H-pyrrole nitrogens is 1. The van der Waals surface area contributed by atoms with Crippen LogP contribution in [-0.4, -0.2) is 27.7 Å². The van der Waals surface area contributed by atoms with Gasteiger partial charge in [0.05, 0.1) is 5.69 Å². The van der Waals surface area contributed by atoms with Crippen molar-refractivity contribution < 1.29 is 14.4 Å². The third-order valence-electron chi connectivity index (χ3n) is 5.70. The molecule has 0 saturated carbocycles. The molecule has 1 amide bonds. The van der Waals surface area contributed by atoms with E-state index < -0.39 is 0 Å². The van der Waals surface area contributed by atoms with Crippen LogP contribution in [0.4, 0.5) is 23.1 Å². The van der Waals surface area contributed by atoms with Crippen LogP contribution in [0.3, 0.4) is 0 Å². The number of hydrogen-bond acceptors (Lipinski definition) is 6. The van der Waals surface area contributed by atoms with Crippen molar-refractivity contribution in [1.29, 1.82) is 0 Å². The Hall–Kier alpha value is -4.40. The SMILES string of the molecule is Cc1cc(-c2cnc(Nc3ccc4c(c3)CCC(=O)N4)[n+](OCCc3ccccc3)c2N)n[nH]1. The maximum absolute atomic E-state index is 11.7. The largest absolute Gasteiger partial charge is 0.388 e. The summed E-state index contributed by atoms with van der Waals surface area (Å²) >= 11 is 0. The molecule has 1 aliphatic heterocycles. The number of aromatic amines is 1. The molecule has 0 bridgehead atoms. The number of nitrogens with one attached hydrogen (secondary N) is 3. The lowest BCUT2D eigenvalue weighted by atomic mass is 10.0. The summed E-state index contributed by atoms with van der Waals surface area (Å²) in [6.45, 7) is 2.34. The second-order valence-electron chi connectivity index (χ2n) is 8.23. The molecule has 1 aliphatic rings. The van der Waals surface area contributed by atoms with E-state index >= 15 is 0 Å². The Morgan fingerprint density at radius 3 is 2.79 bits per heavy atom. The van der Waals surface area contributed by atoms with E-state index in [1.807, 2.05) is 49.4 Å². The summed E-state index contributed by atoms with van der Waals surface area (Å²) in [4.78, 5) is 22.4. The first kappa shape index (κ1) is 21.4. The van der Waals surface area contributed by atoms with Gasteiger partial charge < -0.3 is 15.9 Å². The average molecular weight is 457 g/mol. The highest BCUT2D eigenvalue weighted by atomic mass is 16.7. The Balaban J connectivity index is 1.44. The predicted molar refractivity (Wildman–Crippen MR) is 129 cm³/mol. The Morgan fingerprint density at radius 1 is 1.15 bits per heavy atom. The van der Waals surface area contributed by atoms with Gasteiger partial charge in [0.25, 0.3) is 0 Å². The minimum Gasteiger partial charge on any atom is -0.367 e. The molecule has 172 valence electrons. The zero-order chi connectivity index (χ0) is 23.5. The van der Waals surface area contributed by atoms with E-state index in [1.54, 1.807) is 6.20 Å². The number of aromatic nitrogens is 4. The van der Waals surface area contributed by atoms with Crippen LogP contribution >= 0.6 is 0 Å². The fourth-order valence-corrected chi connectivity index (χ4v) is 3.92. The van der Waals surface area contributed by atoms with E-state index in [2.05, 4.69) is 37.9 Å². The second kappa shape index (κ2) is 9.22. The quantitative estimate of drug-likeness (QED) is 0.317. The number of rotatable bonds is 7. The molecule has 2 aromatic heterocycles. The standard InChI is InChI=1S/C25H25N7O2/c1-16-13-22(31-30-16)20-15-27-25(28-19-8-9-21-18(14-19)7-10-23(33)29-21)32(24(20)26)34-12-11-17-5-3-2-4-6-17/h2-6,8-9,13-15H,7,10-12H2,1H3,(H4,26,27,28,29,30,31,33)/p+1. The van der Waals surface area contributed by atoms with Crippen molar-refractivity contribution in [2.75, 3.05) is 23.0 Å². The summed E-state index contributed by atoms with van der Waals surface area (Å²) in [5, 5.41) is 13.5. The summed E-state index contributed by atoms with van der Waals surface area (Å²) in [5.41, 5.74) is 12.7. The van der Waals surface area contributed by atoms with Crippen LogP contribution in [0.25, 0.3) is 11.3 Å². The lowest BCUT2D eigenvalue weighted by Gasteiger charge is -2.17. The van der Waals surface area contributed by atoms with E-state index in [4.69, 9.17) is 10.6 Å². The summed E-state index contributed by atoms with van der Waals surface area (Å²) in [6, 6.07) is 17.8. The van der Waals surface area contributed by atoms with Gasteiger partial charge in [-0.25, -0.2) is 0 Å². The number of carbonyl (C=O) groups is 1. The monoisotopic (exact) mass is 456 g/mol. The van der Waals surface area contributed by atoms with Crippen LogP contribution in [0.2, 0.25) is 0 Å². The Labute approximate surface area is 197 Å². The van der Waals surface area contributed by atoms with Crippen molar-refractivity contribution >= 4 is 29.0 Å². The Morgan fingerprint density at radius 2 is 2.00 bits per heavy atom. The number of hydrogen-bond donors (Lipinski definition) is 4. The van der Waals surface area contributed by atoms with Crippen LogP contribution in [0.15, 0.2) is 60.8 Å². The van der Waals surface area contributed by atoms with Crippen molar-refractivity contribution in [3.63, 3.8) is 0 Å². The number of nitrogens with two attached hydrogens (primary N) is 1. The van der Waals surface area contributed by atoms with Crippen molar-refractivity contribution in [1.82, 2.24) is 15.2 Å². The smallest absolute Gasteiger partial charge is 0.367 e. The minimum absolute atomic E-state index is 0.0384. The first-order chi connectivity index (χ1) is 16.6. The fraction of sp³-hybridized carbons (Fsp3) is 0.200. The van der Waals surface area contributed by atoms with Crippen LogP contribution in [0, 0.1) is 6.92 Å². The lowest BCUT2D eigenvalue weighted by Crippen LogP contribution is -2.49. The maximum atomic E-state index is 11.7. The Bertz CT molecular complexity index is 1330. The van der Waals surface area contributed by atoms with Gasteiger partial charge in [0, 0.05) is 24.2 Å². The van der Waals surface area contributed by atoms with E-state index in [-0.39, 0.29) is 5.91 Å². The molecule has 0 saturated heterocycles. The van der Waals surface area contributed by atoms with Crippen LogP contribution in [0.1, 0.15) is 23.2 Å². The highest BCUT2D eigenvalue weighted by molar-refractivity contribution is 5.94. The molecule has 0 fully saturated rings. The second-order valence-corrected chi connectivity index (χ2v) is 8.23. The molecule has 34 heavy (non-hydrogen) atoms. The van der Waals surface area contributed by atoms with Crippen LogP contribution in [0.5, 0.6) is 0 Å². The number of carbonyl (C=O) groups excluding carboxylic acids is 1. The van der Waals surface area contributed by atoms with Crippen molar-refractivity contribution in [2.24, 2.45) is 0 Å². The number of amides is 1. The molecule has 0 unspecified atom stereocenters. The lowest BCUT2D eigenvalue weighted by molar-refractivity contribution is -0.870. The van der Waals surface area contributed by atoms with E-state index in [0.717, 1.165) is 29.1 Å². The van der Waals surface area contributed by atoms with Gasteiger partial charge >= 0.3 is 5.95 Å². The maximum Gasteiger partial charge on any atom is 0.388 e. The summed E-state index contributed by atoms with van der Waals surface area (Å²) in [6.07, 6.45) is 3.57. The highest BCUT2D eigenvalue weighted by Crippen LogP contribution is 2.27. The molecular formula is C25H26N7O2+. The number of aryl methyl sites for hydroxylation is 2. The van der Waals surface area contributed by atoms with E-state index in [1.165, 1.54) is 10.3 Å². The minimum atomic E-state index is 0.0384. The van der Waals surface area contributed by atoms with Gasteiger partial charge in [0.1, 0.15) is 24.1 Å². The van der Waals surface area contributed by atoms with Gasteiger partial charge in [0.15, 0.2) is 0 Å². The van der Waals surface area contributed by atoms with Crippen molar-refractivity contribution in [3.05, 3.63) is 77.6 Å². The predicted octanol–water partition coefficient (Wildman–Crippen LogP) is 2.95. The van der Waals surface area contributed by atoms with Gasteiger partial charge in [-0.3, -0.25) is 15.2 Å². The molecule has 4 aromatic rings. The fourth-order valence-electron chi connectivity index (χ4n) is 3.92. The van der Waals surface area contributed by atoms with Crippen molar-refractivity contribution in [3.8, 4) is 11.3 Å². The van der Waals surface area contributed by atoms with E-state index in [9.17, 15) is 4.79 Å². The highest BCUT2D eigenvalue weighted by Gasteiger charge is 2.23. The van der Waals surface area contributed by atoms with Gasteiger partial charge in [-0.15, -0.1) is 4.98 Å².